The minimum Gasteiger partial charge on any atom is -0.382 e. The second kappa shape index (κ2) is 7.60. The van der Waals surface area contributed by atoms with Crippen molar-refractivity contribution in [1.82, 2.24) is 20.0 Å². The van der Waals surface area contributed by atoms with Crippen molar-refractivity contribution in [3.05, 3.63) is 17.0 Å². The molecule has 1 unspecified atom stereocenters. The lowest BCUT2D eigenvalue weighted by molar-refractivity contribution is -0.0447. The molecule has 0 amide bonds. The van der Waals surface area contributed by atoms with E-state index in [1.807, 2.05) is 25.7 Å². The van der Waals surface area contributed by atoms with Gasteiger partial charge in [0.15, 0.2) is 5.96 Å². The average molecular weight is 309 g/mol. The first-order valence-corrected chi connectivity index (χ1v) is 7.62. The Morgan fingerprint density at radius 2 is 2.27 bits per heavy atom. The summed E-state index contributed by atoms with van der Waals surface area (Å²) < 4.78 is 12.8. The predicted octanol–water partition coefficient (Wildman–Crippen LogP) is 0.460. The van der Waals surface area contributed by atoms with Crippen molar-refractivity contribution in [3.8, 4) is 0 Å². The van der Waals surface area contributed by atoms with E-state index in [4.69, 9.17) is 9.47 Å². The predicted molar refractivity (Wildman–Crippen MR) is 86.1 cm³/mol. The lowest BCUT2D eigenvalue weighted by Crippen LogP contribution is -2.51. The van der Waals surface area contributed by atoms with Gasteiger partial charge in [-0.15, -0.1) is 0 Å². The molecule has 0 saturated carbocycles. The molecule has 1 aromatic heterocycles. The van der Waals surface area contributed by atoms with Crippen molar-refractivity contribution in [1.29, 1.82) is 0 Å². The number of rotatable bonds is 4. The minimum atomic E-state index is 0.0964. The summed E-state index contributed by atoms with van der Waals surface area (Å²) in [5.41, 5.74) is 3.47. The molecule has 1 aliphatic rings. The molecule has 0 aromatic carbocycles. The van der Waals surface area contributed by atoms with Crippen LogP contribution in [0.15, 0.2) is 4.99 Å². The Balaban J connectivity index is 1.97. The van der Waals surface area contributed by atoms with E-state index in [-0.39, 0.29) is 6.10 Å². The molecule has 1 aliphatic heterocycles. The van der Waals surface area contributed by atoms with E-state index in [1.165, 1.54) is 11.3 Å². The van der Waals surface area contributed by atoms with Crippen molar-refractivity contribution in [2.24, 2.45) is 12.0 Å². The Bertz CT molecular complexity index is 524. The van der Waals surface area contributed by atoms with E-state index in [9.17, 15) is 0 Å². The molecule has 1 aromatic rings. The highest BCUT2D eigenvalue weighted by Crippen LogP contribution is 2.12. The lowest BCUT2D eigenvalue weighted by atomic mass is 10.2. The van der Waals surface area contributed by atoms with Gasteiger partial charge in [0.25, 0.3) is 0 Å². The summed E-state index contributed by atoms with van der Waals surface area (Å²) in [6, 6.07) is 0. The number of hydrogen-bond donors (Lipinski definition) is 1. The molecule has 1 N–H and O–H groups in total. The normalized spacial score (nSPS) is 19.6. The fraction of sp³-hybridized carbons (Fsp3) is 0.733. The number of morpholine rings is 1. The molecule has 124 valence electrons. The Morgan fingerprint density at radius 3 is 2.86 bits per heavy atom. The second-order valence-corrected chi connectivity index (χ2v) is 5.57. The van der Waals surface area contributed by atoms with Crippen LogP contribution in [-0.2, 0) is 23.1 Å². The van der Waals surface area contributed by atoms with E-state index >= 15 is 0 Å². The van der Waals surface area contributed by atoms with Crippen LogP contribution in [0.3, 0.4) is 0 Å². The molecule has 1 saturated heterocycles. The van der Waals surface area contributed by atoms with E-state index < -0.39 is 0 Å². The largest absolute Gasteiger partial charge is 0.382 e. The smallest absolute Gasteiger partial charge is 0.194 e. The monoisotopic (exact) mass is 309 g/mol. The first-order valence-electron chi connectivity index (χ1n) is 7.62. The number of ether oxygens (including phenoxy) is 2. The first kappa shape index (κ1) is 16.8. The van der Waals surface area contributed by atoms with Crippen LogP contribution >= 0.6 is 0 Å². The summed E-state index contributed by atoms with van der Waals surface area (Å²) in [6.07, 6.45) is 0.0964. The number of aliphatic imine (C=N–C) groups is 1. The number of nitrogens with one attached hydrogen (secondary N) is 1. The van der Waals surface area contributed by atoms with Crippen LogP contribution < -0.4 is 5.32 Å². The Kier molecular flexibility index (Phi) is 5.79. The van der Waals surface area contributed by atoms with E-state index in [0.29, 0.717) is 13.2 Å². The van der Waals surface area contributed by atoms with Crippen LogP contribution in [0.2, 0.25) is 0 Å². The first-order chi connectivity index (χ1) is 10.6. The summed E-state index contributed by atoms with van der Waals surface area (Å²) in [5, 5.41) is 7.89. The standard InChI is InChI=1S/C15H27N5O2/c1-11-14(12(2)19(4)18-11)8-17-15(16-3)20-6-7-22-13(9-20)10-21-5/h13H,6-10H2,1-5H3,(H,16,17). The molecule has 2 rings (SSSR count). The molecule has 1 fully saturated rings. The molecule has 7 heteroatoms. The highest BCUT2D eigenvalue weighted by atomic mass is 16.5. The summed E-state index contributed by atoms with van der Waals surface area (Å²) in [6.45, 7) is 7.78. The molecule has 22 heavy (non-hydrogen) atoms. The van der Waals surface area contributed by atoms with Gasteiger partial charge < -0.3 is 19.7 Å². The molecule has 7 nitrogen and oxygen atoms in total. The number of aryl methyl sites for hydroxylation is 2. The Morgan fingerprint density at radius 1 is 1.50 bits per heavy atom. The quantitative estimate of drug-likeness (QED) is 0.647. The van der Waals surface area contributed by atoms with Crippen LogP contribution in [0.25, 0.3) is 0 Å². The zero-order valence-corrected chi connectivity index (χ0v) is 14.2. The van der Waals surface area contributed by atoms with Gasteiger partial charge in [-0.05, 0) is 13.8 Å². The highest BCUT2D eigenvalue weighted by molar-refractivity contribution is 5.80. The molecule has 2 heterocycles. The number of aromatic nitrogens is 2. The number of guanidine groups is 1. The van der Waals surface area contributed by atoms with Gasteiger partial charge in [0.2, 0.25) is 0 Å². The summed E-state index contributed by atoms with van der Waals surface area (Å²) >= 11 is 0. The Hall–Kier alpha value is -1.60. The molecule has 1 atom stereocenters. The highest BCUT2D eigenvalue weighted by Gasteiger charge is 2.23. The van der Waals surface area contributed by atoms with E-state index in [1.54, 1.807) is 7.11 Å². The SMILES string of the molecule is CN=C(NCc1c(C)nn(C)c1C)N1CCOC(COC)C1. The van der Waals surface area contributed by atoms with Gasteiger partial charge in [-0.3, -0.25) is 9.67 Å². The second-order valence-electron chi connectivity index (χ2n) is 5.57. The van der Waals surface area contributed by atoms with Gasteiger partial charge in [0.1, 0.15) is 0 Å². The van der Waals surface area contributed by atoms with Crippen molar-refractivity contribution >= 4 is 5.96 Å². The topological polar surface area (TPSA) is 63.9 Å². The van der Waals surface area contributed by atoms with Crippen LogP contribution in [0.5, 0.6) is 0 Å². The third-order valence-electron chi connectivity index (χ3n) is 4.08. The fourth-order valence-electron chi connectivity index (χ4n) is 2.77. The third-order valence-corrected chi connectivity index (χ3v) is 4.08. The van der Waals surface area contributed by atoms with Crippen molar-refractivity contribution in [2.75, 3.05) is 40.5 Å². The molecular weight excluding hydrogens is 282 g/mol. The van der Waals surface area contributed by atoms with Crippen molar-refractivity contribution < 1.29 is 9.47 Å². The lowest BCUT2D eigenvalue weighted by Gasteiger charge is -2.34. The molecular formula is C15H27N5O2. The van der Waals surface area contributed by atoms with Gasteiger partial charge in [-0.1, -0.05) is 0 Å². The third kappa shape index (κ3) is 3.78. The van der Waals surface area contributed by atoms with Crippen molar-refractivity contribution in [2.45, 2.75) is 26.5 Å². The van der Waals surface area contributed by atoms with Crippen molar-refractivity contribution in [3.63, 3.8) is 0 Å². The molecule has 0 radical (unpaired) electrons. The summed E-state index contributed by atoms with van der Waals surface area (Å²) in [7, 11) is 5.48. The van der Waals surface area contributed by atoms with Crippen LogP contribution in [-0.4, -0.2) is 67.2 Å². The maximum absolute atomic E-state index is 5.68. The number of hydrogen-bond acceptors (Lipinski definition) is 4. The van der Waals surface area contributed by atoms with Gasteiger partial charge >= 0.3 is 0 Å². The van der Waals surface area contributed by atoms with Gasteiger partial charge in [0.05, 0.1) is 25.0 Å². The Labute approximate surface area is 132 Å². The number of nitrogens with zero attached hydrogens (tertiary/aromatic N) is 4. The van der Waals surface area contributed by atoms with Gasteiger partial charge in [0, 0.05) is 52.1 Å². The zero-order chi connectivity index (χ0) is 16.1. The maximum atomic E-state index is 5.68. The fourth-order valence-corrected chi connectivity index (χ4v) is 2.77. The molecule has 0 aliphatic carbocycles. The van der Waals surface area contributed by atoms with Gasteiger partial charge in [-0.2, -0.15) is 5.10 Å². The van der Waals surface area contributed by atoms with E-state index in [0.717, 1.165) is 31.3 Å². The van der Waals surface area contributed by atoms with Crippen LogP contribution in [0.1, 0.15) is 17.0 Å². The van der Waals surface area contributed by atoms with Crippen LogP contribution in [0.4, 0.5) is 0 Å². The van der Waals surface area contributed by atoms with Crippen LogP contribution in [0, 0.1) is 13.8 Å². The maximum Gasteiger partial charge on any atom is 0.194 e. The minimum absolute atomic E-state index is 0.0964. The number of methoxy groups -OCH3 is 1. The molecule has 0 bridgehead atoms. The summed E-state index contributed by atoms with van der Waals surface area (Å²) in [4.78, 5) is 6.61. The summed E-state index contributed by atoms with van der Waals surface area (Å²) in [5.74, 6) is 0.895. The molecule has 0 spiro atoms. The van der Waals surface area contributed by atoms with Gasteiger partial charge in [-0.25, -0.2) is 0 Å². The van der Waals surface area contributed by atoms with E-state index in [2.05, 4.69) is 27.2 Å². The zero-order valence-electron chi connectivity index (χ0n) is 14.2. The average Bonchev–Trinajstić information content (AvgIpc) is 2.74.